The van der Waals surface area contributed by atoms with Gasteiger partial charge in [0, 0.05) is 18.3 Å². The van der Waals surface area contributed by atoms with Crippen molar-refractivity contribution in [2.75, 3.05) is 0 Å². The molecular weight excluding hydrogens is 328 g/mol. The van der Waals surface area contributed by atoms with Crippen molar-refractivity contribution in [2.24, 2.45) is 11.8 Å². The molecule has 1 aliphatic rings. The second-order valence-electron chi connectivity index (χ2n) is 6.36. The summed E-state index contributed by atoms with van der Waals surface area (Å²) in [7, 11) is 0. The fourth-order valence-electron chi connectivity index (χ4n) is 2.70. The van der Waals surface area contributed by atoms with E-state index in [4.69, 9.17) is 5.11 Å². The molecule has 4 nitrogen and oxygen atoms in total. The van der Waals surface area contributed by atoms with Gasteiger partial charge in [-0.2, -0.15) is 0 Å². The Labute approximate surface area is 156 Å². The summed E-state index contributed by atoms with van der Waals surface area (Å²) in [4.78, 5) is 22.4. The number of ketones is 1. The van der Waals surface area contributed by atoms with Gasteiger partial charge in [-0.15, -0.1) is 0 Å². The Kier molecular flexibility index (Phi) is 11.0. The number of rotatable bonds is 12. The molecule has 1 aliphatic carbocycles. The molecule has 0 bridgehead atoms. The lowest BCUT2D eigenvalue weighted by molar-refractivity contribution is -0.136. The van der Waals surface area contributed by atoms with Gasteiger partial charge < -0.3 is 10.2 Å². The van der Waals surface area contributed by atoms with Crippen molar-refractivity contribution in [3.63, 3.8) is 0 Å². The minimum atomic E-state index is -0.789. The van der Waals surface area contributed by atoms with Crippen molar-refractivity contribution in [3.8, 4) is 0 Å². The molecule has 0 aromatic rings. The van der Waals surface area contributed by atoms with Crippen LogP contribution in [0.2, 0.25) is 0 Å². The third kappa shape index (κ3) is 9.33. The average Bonchev–Trinajstić information content (AvgIpc) is 2.95. The average molecular weight is 358 g/mol. The summed E-state index contributed by atoms with van der Waals surface area (Å²) in [6.07, 6.45) is 22.1. The van der Waals surface area contributed by atoms with Crippen molar-refractivity contribution in [1.29, 1.82) is 0 Å². The molecule has 26 heavy (non-hydrogen) atoms. The fourth-order valence-corrected chi connectivity index (χ4v) is 2.70. The molecule has 1 rings (SSSR count). The van der Waals surface area contributed by atoms with Crippen LogP contribution in [-0.4, -0.2) is 28.1 Å². The molecule has 0 spiro atoms. The monoisotopic (exact) mass is 358 g/mol. The zero-order valence-corrected chi connectivity index (χ0v) is 15.5. The number of hydrogen-bond donors (Lipinski definition) is 2. The number of hydrogen-bond acceptors (Lipinski definition) is 3. The molecule has 0 radical (unpaired) electrons. The summed E-state index contributed by atoms with van der Waals surface area (Å²) in [5.74, 6) is -0.732. The lowest BCUT2D eigenvalue weighted by Crippen LogP contribution is -2.14. The highest BCUT2D eigenvalue weighted by Gasteiger charge is 2.27. The van der Waals surface area contributed by atoms with Crippen LogP contribution in [0.3, 0.4) is 0 Å². The number of aliphatic hydroxyl groups is 1. The molecule has 0 saturated heterocycles. The van der Waals surface area contributed by atoms with E-state index < -0.39 is 12.1 Å². The summed E-state index contributed by atoms with van der Waals surface area (Å²) in [5, 5.41) is 18.5. The summed E-state index contributed by atoms with van der Waals surface area (Å²) in [5.41, 5.74) is 0. The van der Waals surface area contributed by atoms with Crippen LogP contribution in [0.4, 0.5) is 0 Å². The topological polar surface area (TPSA) is 74.6 Å². The highest BCUT2D eigenvalue weighted by atomic mass is 16.4. The van der Waals surface area contributed by atoms with E-state index in [9.17, 15) is 14.7 Å². The quantitative estimate of drug-likeness (QED) is 0.507. The van der Waals surface area contributed by atoms with Crippen LogP contribution in [0, 0.1) is 11.8 Å². The van der Waals surface area contributed by atoms with E-state index in [1.807, 2.05) is 48.6 Å². The number of aliphatic hydroxyl groups excluding tert-OH is 1. The number of allylic oxidation sites excluding steroid dienone is 8. The first-order valence-corrected chi connectivity index (χ1v) is 9.29. The Morgan fingerprint density at radius 2 is 1.96 bits per heavy atom. The molecule has 0 saturated carbocycles. The number of carboxylic acids is 1. The number of carbonyl (C=O) groups is 2. The Morgan fingerprint density at radius 1 is 1.19 bits per heavy atom. The summed E-state index contributed by atoms with van der Waals surface area (Å²) >= 11 is 0. The fraction of sp³-hybridized carbons (Fsp3) is 0.455. The smallest absolute Gasteiger partial charge is 0.303 e. The zero-order chi connectivity index (χ0) is 19.2. The minimum absolute atomic E-state index is 0.0306. The van der Waals surface area contributed by atoms with Crippen molar-refractivity contribution < 1.29 is 19.8 Å². The van der Waals surface area contributed by atoms with Gasteiger partial charge in [0.05, 0.1) is 6.10 Å². The molecule has 0 aromatic heterocycles. The maximum Gasteiger partial charge on any atom is 0.303 e. The van der Waals surface area contributed by atoms with Crippen LogP contribution in [0.25, 0.3) is 0 Å². The Balaban J connectivity index is 2.39. The second kappa shape index (κ2) is 13.1. The van der Waals surface area contributed by atoms with E-state index in [-0.39, 0.29) is 24.0 Å². The Hall–Kier alpha value is -2.20. The standard InChI is InChI=1S/C22H30O4/c1-2-3-8-11-19(23)16-14-18-15-17-21(24)20(18)12-9-6-4-5-7-10-13-22(25)26/h3,5-9,14-20,23H,2,4,10-13H2,1H3,(H,25,26)/b7-5-,8-3-,9-6-,16-14+/t18-,19+,20+/m0/s1. The van der Waals surface area contributed by atoms with Gasteiger partial charge in [-0.25, -0.2) is 0 Å². The van der Waals surface area contributed by atoms with E-state index in [1.165, 1.54) is 0 Å². The third-order valence-corrected chi connectivity index (χ3v) is 4.17. The van der Waals surface area contributed by atoms with Gasteiger partial charge in [0.15, 0.2) is 5.78 Å². The number of carbonyl (C=O) groups excluding carboxylic acids is 1. The van der Waals surface area contributed by atoms with Gasteiger partial charge in [0.25, 0.3) is 0 Å². The summed E-state index contributed by atoms with van der Waals surface area (Å²) in [6, 6.07) is 0. The van der Waals surface area contributed by atoms with Crippen LogP contribution in [0.15, 0.2) is 60.8 Å². The van der Waals surface area contributed by atoms with E-state index in [0.29, 0.717) is 19.3 Å². The van der Waals surface area contributed by atoms with Gasteiger partial charge in [0.1, 0.15) is 0 Å². The first-order chi connectivity index (χ1) is 12.5. The third-order valence-electron chi connectivity index (χ3n) is 4.17. The van der Waals surface area contributed by atoms with Gasteiger partial charge in [0.2, 0.25) is 0 Å². The maximum atomic E-state index is 12.0. The van der Waals surface area contributed by atoms with E-state index in [2.05, 4.69) is 6.92 Å². The normalized spacial score (nSPS) is 21.8. The van der Waals surface area contributed by atoms with E-state index in [1.54, 1.807) is 12.2 Å². The molecule has 142 valence electrons. The first-order valence-electron chi connectivity index (χ1n) is 9.29. The highest BCUT2D eigenvalue weighted by molar-refractivity contribution is 5.95. The SMILES string of the molecule is CC/C=C\C[C@@H](O)/C=C/[C@H]1C=CC(=O)[C@@H]1C/C=C\C/C=C\CCC(=O)O. The van der Waals surface area contributed by atoms with Crippen LogP contribution in [-0.2, 0) is 9.59 Å². The molecule has 0 aliphatic heterocycles. The van der Waals surface area contributed by atoms with Crippen LogP contribution >= 0.6 is 0 Å². The number of aliphatic carboxylic acids is 1. The molecule has 3 atom stereocenters. The largest absolute Gasteiger partial charge is 0.481 e. The first kappa shape index (κ1) is 21.8. The molecule has 0 amide bonds. The summed E-state index contributed by atoms with van der Waals surface area (Å²) < 4.78 is 0. The molecule has 0 unspecified atom stereocenters. The van der Waals surface area contributed by atoms with Crippen LogP contribution in [0.1, 0.15) is 45.4 Å². The van der Waals surface area contributed by atoms with Crippen molar-refractivity contribution >= 4 is 11.8 Å². The minimum Gasteiger partial charge on any atom is -0.481 e. The van der Waals surface area contributed by atoms with Crippen LogP contribution in [0.5, 0.6) is 0 Å². The maximum absolute atomic E-state index is 12.0. The zero-order valence-electron chi connectivity index (χ0n) is 15.5. The van der Waals surface area contributed by atoms with E-state index >= 15 is 0 Å². The van der Waals surface area contributed by atoms with Crippen molar-refractivity contribution in [1.82, 2.24) is 0 Å². The van der Waals surface area contributed by atoms with E-state index in [0.717, 1.165) is 12.8 Å². The lowest BCUT2D eigenvalue weighted by Gasteiger charge is -2.13. The van der Waals surface area contributed by atoms with Gasteiger partial charge in [-0.1, -0.05) is 61.6 Å². The number of carboxylic acid groups (broad SMARTS) is 1. The van der Waals surface area contributed by atoms with Crippen molar-refractivity contribution in [3.05, 3.63) is 60.8 Å². The van der Waals surface area contributed by atoms with Gasteiger partial charge in [-0.05, 0) is 38.2 Å². The molecular formula is C22H30O4. The molecule has 0 heterocycles. The second-order valence-corrected chi connectivity index (χ2v) is 6.36. The van der Waals surface area contributed by atoms with Gasteiger partial charge in [-0.3, -0.25) is 9.59 Å². The molecule has 4 heteroatoms. The van der Waals surface area contributed by atoms with Crippen molar-refractivity contribution in [2.45, 2.75) is 51.6 Å². The molecule has 0 aromatic carbocycles. The summed E-state index contributed by atoms with van der Waals surface area (Å²) in [6.45, 7) is 2.05. The molecule has 0 fully saturated rings. The Bertz CT molecular complexity index is 581. The predicted octanol–water partition coefficient (Wildman–Crippen LogP) is 4.39. The highest BCUT2D eigenvalue weighted by Crippen LogP contribution is 2.27. The van der Waals surface area contributed by atoms with Gasteiger partial charge >= 0.3 is 5.97 Å². The molecule has 2 N–H and O–H groups in total. The van der Waals surface area contributed by atoms with Crippen LogP contribution < -0.4 is 0 Å². The Morgan fingerprint density at radius 3 is 2.69 bits per heavy atom. The predicted molar refractivity (Wildman–Crippen MR) is 105 cm³/mol. The lowest BCUT2D eigenvalue weighted by atomic mass is 9.90.